The fraction of sp³-hybridized carbons (Fsp3) is 0.389. The van der Waals surface area contributed by atoms with Crippen LogP contribution in [-0.4, -0.2) is 27.6 Å². The van der Waals surface area contributed by atoms with E-state index in [1.807, 2.05) is 22.9 Å². The van der Waals surface area contributed by atoms with Crippen molar-refractivity contribution in [1.82, 2.24) is 15.1 Å². The molecule has 6 heteroatoms. The quantitative estimate of drug-likeness (QED) is 0.886. The summed E-state index contributed by atoms with van der Waals surface area (Å²) in [6, 6.07) is 8.84. The minimum Gasteiger partial charge on any atom is -0.340 e. The van der Waals surface area contributed by atoms with Gasteiger partial charge in [-0.1, -0.05) is 32.0 Å². The average molecular weight is 326 g/mol. The first-order chi connectivity index (χ1) is 11.6. The van der Waals surface area contributed by atoms with Crippen molar-refractivity contribution in [2.24, 2.45) is 0 Å². The molecule has 2 aromatic rings. The van der Waals surface area contributed by atoms with Gasteiger partial charge in [-0.3, -0.25) is 9.59 Å². The minimum absolute atomic E-state index is 0.203. The fourth-order valence-corrected chi connectivity index (χ4v) is 3.14. The van der Waals surface area contributed by atoms with Crippen LogP contribution in [0.25, 0.3) is 0 Å². The molecule has 2 heterocycles. The molecule has 1 aromatic heterocycles. The summed E-state index contributed by atoms with van der Waals surface area (Å²) in [7, 11) is 0. The van der Waals surface area contributed by atoms with E-state index in [0.29, 0.717) is 17.8 Å². The van der Waals surface area contributed by atoms with Crippen molar-refractivity contribution in [1.29, 1.82) is 0 Å². The Balaban J connectivity index is 1.75. The first kappa shape index (κ1) is 16.2. The molecule has 1 aliphatic rings. The molecule has 0 saturated carbocycles. The van der Waals surface area contributed by atoms with E-state index in [1.165, 1.54) is 0 Å². The fourth-order valence-electron chi connectivity index (χ4n) is 3.14. The maximum atomic E-state index is 12.6. The first-order valence-electron chi connectivity index (χ1n) is 8.37. The molecule has 0 aliphatic carbocycles. The molecule has 24 heavy (non-hydrogen) atoms. The van der Waals surface area contributed by atoms with Crippen LogP contribution in [-0.2, 0) is 11.2 Å². The van der Waals surface area contributed by atoms with Crippen LogP contribution >= 0.6 is 0 Å². The Morgan fingerprint density at radius 2 is 2.08 bits per heavy atom. The van der Waals surface area contributed by atoms with Crippen molar-refractivity contribution in [3.63, 3.8) is 0 Å². The zero-order valence-electron chi connectivity index (χ0n) is 14.0. The summed E-state index contributed by atoms with van der Waals surface area (Å²) >= 11 is 0. The first-order valence-corrected chi connectivity index (χ1v) is 8.37. The van der Waals surface area contributed by atoms with Gasteiger partial charge in [0.05, 0.1) is 12.2 Å². The van der Waals surface area contributed by atoms with Crippen LogP contribution < -0.4 is 10.6 Å². The predicted octanol–water partition coefficient (Wildman–Crippen LogP) is 2.54. The third-order valence-corrected chi connectivity index (χ3v) is 4.52. The molecule has 6 nitrogen and oxygen atoms in total. The molecule has 1 aliphatic heterocycles. The maximum Gasteiger partial charge on any atom is 0.252 e. The molecule has 0 saturated heterocycles. The highest BCUT2D eigenvalue weighted by atomic mass is 16.2. The second kappa shape index (κ2) is 6.86. The Morgan fingerprint density at radius 3 is 2.83 bits per heavy atom. The van der Waals surface area contributed by atoms with Crippen LogP contribution in [0, 0.1) is 0 Å². The number of anilines is 1. The molecule has 0 bridgehead atoms. The zero-order valence-corrected chi connectivity index (χ0v) is 14.0. The molecule has 1 atom stereocenters. The lowest BCUT2D eigenvalue weighted by atomic mass is 9.95. The lowest BCUT2D eigenvalue weighted by molar-refractivity contribution is -0.118. The standard InChI is InChI=1S/C18H22N4O2/c1-3-13(4-2)22-16(9-10-19-22)21-18(24)15-11-12-7-5-6-8-14(12)17(23)20-15/h5-10,13,15H,3-4,11H2,1-2H3,(H,20,23)(H,21,24). The van der Waals surface area contributed by atoms with Gasteiger partial charge in [0.2, 0.25) is 5.91 Å². The Morgan fingerprint density at radius 1 is 1.33 bits per heavy atom. The van der Waals surface area contributed by atoms with E-state index in [9.17, 15) is 9.59 Å². The molecule has 126 valence electrons. The maximum absolute atomic E-state index is 12.6. The van der Waals surface area contributed by atoms with Crippen molar-refractivity contribution in [2.75, 3.05) is 5.32 Å². The topological polar surface area (TPSA) is 76.0 Å². The van der Waals surface area contributed by atoms with Crippen molar-refractivity contribution in [2.45, 2.75) is 45.2 Å². The van der Waals surface area contributed by atoms with Crippen LogP contribution in [0.15, 0.2) is 36.5 Å². The van der Waals surface area contributed by atoms with Crippen molar-refractivity contribution in [3.8, 4) is 0 Å². The van der Waals surface area contributed by atoms with E-state index in [2.05, 4.69) is 29.6 Å². The monoisotopic (exact) mass is 326 g/mol. The van der Waals surface area contributed by atoms with Crippen LogP contribution in [0.2, 0.25) is 0 Å². The van der Waals surface area contributed by atoms with E-state index in [1.54, 1.807) is 18.3 Å². The van der Waals surface area contributed by atoms with Gasteiger partial charge in [0, 0.05) is 18.1 Å². The largest absolute Gasteiger partial charge is 0.340 e. The summed E-state index contributed by atoms with van der Waals surface area (Å²) in [6.07, 6.45) is 4.05. The lowest BCUT2D eigenvalue weighted by Gasteiger charge is -2.25. The van der Waals surface area contributed by atoms with Gasteiger partial charge in [-0.05, 0) is 24.5 Å². The number of carbonyl (C=O) groups is 2. The van der Waals surface area contributed by atoms with Gasteiger partial charge < -0.3 is 10.6 Å². The van der Waals surface area contributed by atoms with E-state index in [-0.39, 0.29) is 17.9 Å². The second-order valence-corrected chi connectivity index (χ2v) is 6.01. The van der Waals surface area contributed by atoms with Crippen molar-refractivity contribution >= 4 is 17.6 Å². The summed E-state index contributed by atoms with van der Waals surface area (Å²) in [5, 5.41) is 10.0. The third kappa shape index (κ3) is 3.04. The van der Waals surface area contributed by atoms with Gasteiger partial charge in [0.1, 0.15) is 11.9 Å². The van der Waals surface area contributed by atoms with E-state index in [0.717, 1.165) is 18.4 Å². The second-order valence-electron chi connectivity index (χ2n) is 6.01. The van der Waals surface area contributed by atoms with Gasteiger partial charge in [0.15, 0.2) is 0 Å². The average Bonchev–Trinajstić information content (AvgIpc) is 3.04. The van der Waals surface area contributed by atoms with Gasteiger partial charge in [-0.15, -0.1) is 0 Å². The van der Waals surface area contributed by atoms with Crippen LogP contribution in [0.5, 0.6) is 0 Å². The van der Waals surface area contributed by atoms with Gasteiger partial charge >= 0.3 is 0 Å². The van der Waals surface area contributed by atoms with Gasteiger partial charge in [0.25, 0.3) is 5.91 Å². The van der Waals surface area contributed by atoms with E-state index < -0.39 is 6.04 Å². The Kier molecular flexibility index (Phi) is 4.64. The van der Waals surface area contributed by atoms with Crippen LogP contribution in [0.1, 0.15) is 48.7 Å². The molecule has 2 N–H and O–H groups in total. The SMILES string of the molecule is CCC(CC)n1nccc1NC(=O)C1Cc2ccccc2C(=O)N1. The number of benzene rings is 1. The number of hydrogen-bond acceptors (Lipinski definition) is 3. The van der Waals surface area contributed by atoms with Gasteiger partial charge in [-0.2, -0.15) is 5.10 Å². The number of carbonyl (C=O) groups excluding carboxylic acids is 2. The smallest absolute Gasteiger partial charge is 0.252 e. The number of fused-ring (bicyclic) bond motifs is 1. The minimum atomic E-state index is -0.572. The normalized spacial score (nSPS) is 16.6. The zero-order chi connectivity index (χ0) is 17.1. The molecular weight excluding hydrogens is 304 g/mol. The molecule has 3 rings (SSSR count). The number of amides is 2. The summed E-state index contributed by atoms with van der Waals surface area (Å²) in [5.74, 6) is 0.248. The van der Waals surface area contributed by atoms with Crippen LogP contribution in [0.4, 0.5) is 5.82 Å². The summed E-state index contributed by atoms with van der Waals surface area (Å²) in [4.78, 5) is 24.8. The summed E-state index contributed by atoms with van der Waals surface area (Å²) in [6.45, 7) is 4.19. The van der Waals surface area contributed by atoms with E-state index in [4.69, 9.17) is 0 Å². The van der Waals surface area contributed by atoms with Crippen LogP contribution in [0.3, 0.4) is 0 Å². The Bertz CT molecular complexity index is 749. The molecule has 0 fully saturated rings. The molecule has 1 aromatic carbocycles. The highest BCUT2D eigenvalue weighted by Crippen LogP contribution is 2.21. The van der Waals surface area contributed by atoms with Gasteiger partial charge in [-0.25, -0.2) is 4.68 Å². The Labute approximate surface area is 141 Å². The molecule has 0 spiro atoms. The van der Waals surface area contributed by atoms with Crippen molar-refractivity contribution < 1.29 is 9.59 Å². The number of nitrogens with zero attached hydrogens (tertiary/aromatic N) is 2. The van der Waals surface area contributed by atoms with E-state index >= 15 is 0 Å². The lowest BCUT2D eigenvalue weighted by Crippen LogP contribution is -2.48. The Hall–Kier alpha value is -2.63. The summed E-state index contributed by atoms with van der Waals surface area (Å²) < 4.78 is 1.84. The highest BCUT2D eigenvalue weighted by Gasteiger charge is 2.29. The molecule has 1 unspecified atom stereocenters. The molecular formula is C18H22N4O2. The van der Waals surface area contributed by atoms with Crippen molar-refractivity contribution in [3.05, 3.63) is 47.7 Å². The number of nitrogens with one attached hydrogen (secondary N) is 2. The number of rotatable bonds is 5. The number of aromatic nitrogens is 2. The molecule has 0 radical (unpaired) electrons. The number of hydrogen-bond donors (Lipinski definition) is 2. The third-order valence-electron chi connectivity index (χ3n) is 4.52. The predicted molar refractivity (Wildman–Crippen MR) is 91.9 cm³/mol. The highest BCUT2D eigenvalue weighted by molar-refractivity contribution is 6.03. The summed E-state index contributed by atoms with van der Waals surface area (Å²) in [5.41, 5.74) is 1.54. The molecule has 2 amide bonds.